The molecule has 30 heavy (non-hydrogen) atoms. The first-order valence-electron chi connectivity index (χ1n) is 9.70. The van der Waals surface area contributed by atoms with Gasteiger partial charge in [0.05, 0.1) is 22.9 Å². The van der Waals surface area contributed by atoms with Gasteiger partial charge < -0.3 is 14.9 Å². The first kappa shape index (κ1) is 19.6. The Balaban J connectivity index is 1.57. The van der Waals surface area contributed by atoms with E-state index in [-0.39, 0.29) is 11.8 Å². The molecule has 0 saturated carbocycles. The molecule has 0 atom stereocenters. The van der Waals surface area contributed by atoms with Crippen LogP contribution in [0.4, 0.5) is 0 Å². The molecule has 0 radical (unpaired) electrons. The van der Waals surface area contributed by atoms with Gasteiger partial charge in [0.15, 0.2) is 5.82 Å². The predicted octanol–water partition coefficient (Wildman–Crippen LogP) is 2.21. The van der Waals surface area contributed by atoms with Crippen LogP contribution in [0.15, 0.2) is 42.6 Å². The maximum Gasteiger partial charge on any atom is 0.255 e. The smallest absolute Gasteiger partial charge is 0.255 e. The number of carbonyl (C=O) groups excluding carboxylic acids is 1. The molecule has 8 heteroatoms. The second-order valence-electron chi connectivity index (χ2n) is 7.44. The number of pyridine rings is 1. The Labute approximate surface area is 174 Å². The zero-order valence-electron chi connectivity index (χ0n) is 16.9. The molecule has 0 bridgehead atoms. The van der Waals surface area contributed by atoms with Gasteiger partial charge in [0.2, 0.25) is 5.88 Å². The quantitative estimate of drug-likeness (QED) is 0.721. The van der Waals surface area contributed by atoms with E-state index in [4.69, 9.17) is 5.26 Å². The van der Waals surface area contributed by atoms with Crippen LogP contribution in [0.1, 0.15) is 21.5 Å². The molecular formula is C22H22N6O2. The Hall–Kier alpha value is -3.70. The van der Waals surface area contributed by atoms with Crippen LogP contribution < -0.4 is 0 Å². The number of hydrogen-bond donors (Lipinski definition) is 1. The zero-order chi connectivity index (χ0) is 21.3. The topological polar surface area (TPSA) is 98.3 Å². The minimum Gasteiger partial charge on any atom is -0.493 e. The summed E-state index contributed by atoms with van der Waals surface area (Å²) in [6, 6.07) is 12.4. The number of piperazine rings is 1. The van der Waals surface area contributed by atoms with E-state index < -0.39 is 0 Å². The molecule has 1 fully saturated rings. The van der Waals surface area contributed by atoms with Crippen molar-refractivity contribution in [2.75, 3.05) is 33.2 Å². The van der Waals surface area contributed by atoms with Gasteiger partial charge in [-0.05, 0) is 43.8 Å². The highest BCUT2D eigenvalue weighted by Gasteiger charge is 2.21. The summed E-state index contributed by atoms with van der Waals surface area (Å²) >= 11 is 0. The molecule has 3 heterocycles. The lowest BCUT2D eigenvalue weighted by Crippen LogP contribution is -2.47. The summed E-state index contributed by atoms with van der Waals surface area (Å²) in [6.07, 6.45) is 1.52. The fourth-order valence-electron chi connectivity index (χ4n) is 3.52. The van der Waals surface area contributed by atoms with Crippen molar-refractivity contribution in [1.29, 1.82) is 5.26 Å². The molecule has 0 spiro atoms. The number of rotatable bonds is 3. The minimum absolute atomic E-state index is 0.0410. The SMILES string of the molecule is Cc1cc(C#N)ccc1-c1cc(O)n(-c2ccc(C(=O)N3CCN(C)CC3)cn2)n1. The lowest BCUT2D eigenvalue weighted by Gasteiger charge is -2.32. The molecule has 1 saturated heterocycles. The molecule has 1 aliphatic heterocycles. The van der Waals surface area contributed by atoms with Crippen molar-refractivity contribution in [3.8, 4) is 29.0 Å². The molecule has 1 aliphatic rings. The lowest BCUT2D eigenvalue weighted by atomic mass is 10.0. The van der Waals surface area contributed by atoms with E-state index >= 15 is 0 Å². The van der Waals surface area contributed by atoms with Crippen LogP contribution in [0.5, 0.6) is 5.88 Å². The first-order valence-corrected chi connectivity index (χ1v) is 9.70. The second kappa shape index (κ2) is 7.97. The van der Waals surface area contributed by atoms with Crippen LogP contribution in [0, 0.1) is 18.3 Å². The third-order valence-corrected chi connectivity index (χ3v) is 5.32. The molecule has 3 aromatic rings. The molecule has 0 aliphatic carbocycles. The van der Waals surface area contributed by atoms with E-state index in [0.29, 0.717) is 35.7 Å². The first-order chi connectivity index (χ1) is 14.5. The van der Waals surface area contributed by atoms with E-state index in [9.17, 15) is 9.90 Å². The average molecular weight is 402 g/mol. The van der Waals surface area contributed by atoms with Crippen molar-refractivity contribution in [2.45, 2.75) is 6.92 Å². The highest BCUT2D eigenvalue weighted by Crippen LogP contribution is 2.27. The summed E-state index contributed by atoms with van der Waals surface area (Å²) in [4.78, 5) is 21.0. The Kier molecular flexibility index (Phi) is 5.21. The van der Waals surface area contributed by atoms with Gasteiger partial charge in [-0.3, -0.25) is 4.79 Å². The Morgan fingerprint density at radius 2 is 1.90 bits per heavy atom. The standard InChI is InChI=1S/C22H22N6O2/c1-15-11-16(13-23)3-5-18(15)19-12-21(29)28(25-19)20-6-4-17(14-24-20)22(30)27-9-7-26(2)8-10-27/h3-6,11-12,14,29H,7-10H2,1-2H3. The summed E-state index contributed by atoms with van der Waals surface area (Å²) in [5, 5.41) is 23.9. The molecule has 1 N–H and O–H groups in total. The largest absolute Gasteiger partial charge is 0.493 e. The van der Waals surface area contributed by atoms with Crippen molar-refractivity contribution < 1.29 is 9.90 Å². The summed E-state index contributed by atoms with van der Waals surface area (Å²) in [5.74, 6) is 0.320. The second-order valence-corrected chi connectivity index (χ2v) is 7.44. The van der Waals surface area contributed by atoms with Gasteiger partial charge in [0.1, 0.15) is 0 Å². The van der Waals surface area contributed by atoms with E-state index in [1.54, 1.807) is 30.3 Å². The van der Waals surface area contributed by atoms with Gasteiger partial charge in [-0.25, -0.2) is 4.98 Å². The number of aromatic nitrogens is 3. The minimum atomic E-state index is -0.0561. The summed E-state index contributed by atoms with van der Waals surface area (Å²) < 4.78 is 1.33. The Morgan fingerprint density at radius 3 is 2.53 bits per heavy atom. The number of aryl methyl sites for hydroxylation is 1. The van der Waals surface area contributed by atoms with Crippen LogP contribution in [0.3, 0.4) is 0 Å². The van der Waals surface area contributed by atoms with Gasteiger partial charge >= 0.3 is 0 Å². The molecule has 1 amide bonds. The van der Waals surface area contributed by atoms with E-state index in [0.717, 1.165) is 24.2 Å². The molecule has 152 valence electrons. The fraction of sp³-hybridized carbons (Fsp3) is 0.273. The van der Waals surface area contributed by atoms with Gasteiger partial charge in [-0.2, -0.15) is 15.0 Å². The van der Waals surface area contributed by atoms with Gasteiger partial charge in [-0.15, -0.1) is 0 Å². The Bertz CT molecular complexity index is 1120. The van der Waals surface area contributed by atoms with Gasteiger partial charge in [0.25, 0.3) is 5.91 Å². The number of benzene rings is 1. The average Bonchev–Trinajstić information content (AvgIpc) is 3.15. The third kappa shape index (κ3) is 3.75. The molecular weight excluding hydrogens is 380 g/mol. The number of aromatic hydroxyl groups is 1. The normalized spacial score (nSPS) is 14.5. The number of amides is 1. The molecule has 4 rings (SSSR count). The van der Waals surface area contributed by atoms with Crippen molar-refractivity contribution in [3.05, 3.63) is 59.3 Å². The predicted molar refractivity (Wildman–Crippen MR) is 111 cm³/mol. The zero-order valence-corrected chi connectivity index (χ0v) is 16.9. The van der Waals surface area contributed by atoms with Crippen molar-refractivity contribution in [3.63, 3.8) is 0 Å². The van der Waals surface area contributed by atoms with Crippen LogP contribution in [-0.2, 0) is 0 Å². The lowest BCUT2D eigenvalue weighted by molar-refractivity contribution is 0.0663. The molecule has 8 nitrogen and oxygen atoms in total. The maximum atomic E-state index is 12.7. The monoisotopic (exact) mass is 402 g/mol. The number of nitriles is 1. The van der Waals surface area contributed by atoms with E-state index in [1.165, 1.54) is 10.9 Å². The van der Waals surface area contributed by atoms with Crippen LogP contribution in [-0.4, -0.2) is 68.8 Å². The Morgan fingerprint density at radius 1 is 1.13 bits per heavy atom. The third-order valence-electron chi connectivity index (χ3n) is 5.32. The summed E-state index contributed by atoms with van der Waals surface area (Å²) in [7, 11) is 2.04. The van der Waals surface area contributed by atoms with Gasteiger partial charge in [0, 0.05) is 44.0 Å². The van der Waals surface area contributed by atoms with Crippen LogP contribution >= 0.6 is 0 Å². The fourth-order valence-corrected chi connectivity index (χ4v) is 3.52. The molecule has 1 aromatic carbocycles. The van der Waals surface area contributed by atoms with Crippen molar-refractivity contribution in [1.82, 2.24) is 24.6 Å². The van der Waals surface area contributed by atoms with Crippen molar-refractivity contribution in [2.24, 2.45) is 0 Å². The number of hydrogen-bond acceptors (Lipinski definition) is 6. The van der Waals surface area contributed by atoms with E-state index in [1.807, 2.05) is 24.9 Å². The van der Waals surface area contributed by atoms with Gasteiger partial charge in [-0.1, -0.05) is 6.07 Å². The van der Waals surface area contributed by atoms with Crippen LogP contribution in [0.25, 0.3) is 17.1 Å². The summed E-state index contributed by atoms with van der Waals surface area (Å²) in [6.45, 7) is 5.00. The van der Waals surface area contributed by atoms with E-state index in [2.05, 4.69) is 21.1 Å². The van der Waals surface area contributed by atoms with Crippen LogP contribution in [0.2, 0.25) is 0 Å². The number of carbonyl (C=O) groups is 1. The molecule has 2 aromatic heterocycles. The summed E-state index contributed by atoms with van der Waals surface area (Å²) in [5.41, 5.74) is 3.37. The number of nitrogens with zero attached hydrogens (tertiary/aromatic N) is 6. The highest BCUT2D eigenvalue weighted by atomic mass is 16.3. The maximum absolute atomic E-state index is 12.7. The molecule has 0 unspecified atom stereocenters. The number of likely N-dealkylation sites (N-methyl/N-ethyl adjacent to an activating group) is 1. The highest BCUT2D eigenvalue weighted by molar-refractivity contribution is 5.94. The van der Waals surface area contributed by atoms with Crippen molar-refractivity contribution >= 4 is 5.91 Å².